The molecule has 2 aromatic carbocycles. The Hall–Kier alpha value is -1.80. The molecule has 0 spiro atoms. The molecule has 82 valence electrons. The van der Waals surface area contributed by atoms with Crippen LogP contribution >= 0.6 is 0 Å². The Labute approximate surface area is 95.7 Å². The van der Waals surface area contributed by atoms with Crippen molar-refractivity contribution >= 4 is 0 Å². The van der Waals surface area contributed by atoms with Gasteiger partial charge in [0, 0.05) is 0 Å². The zero-order chi connectivity index (χ0) is 11.2. The van der Waals surface area contributed by atoms with Crippen LogP contribution in [0.15, 0.2) is 60.7 Å². The van der Waals surface area contributed by atoms with Gasteiger partial charge in [-0.25, -0.2) is 0 Å². The van der Waals surface area contributed by atoms with Gasteiger partial charge in [0.25, 0.3) is 0 Å². The van der Waals surface area contributed by atoms with Crippen LogP contribution < -0.4 is 10.5 Å². The molecule has 0 unspecified atom stereocenters. The van der Waals surface area contributed by atoms with E-state index >= 15 is 0 Å². The molecule has 0 radical (unpaired) electrons. The zero-order valence-electron chi connectivity index (χ0n) is 9.04. The van der Waals surface area contributed by atoms with Crippen LogP contribution in [-0.4, -0.2) is 6.61 Å². The van der Waals surface area contributed by atoms with Gasteiger partial charge in [0.1, 0.15) is 12.4 Å². The van der Waals surface area contributed by atoms with E-state index < -0.39 is 0 Å². The van der Waals surface area contributed by atoms with Gasteiger partial charge >= 0.3 is 0 Å². The maximum absolute atomic E-state index is 6.02. The van der Waals surface area contributed by atoms with Crippen LogP contribution in [0.5, 0.6) is 5.75 Å². The number of benzene rings is 2. The van der Waals surface area contributed by atoms with Gasteiger partial charge in [-0.1, -0.05) is 48.5 Å². The van der Waals surface area contributed by atoms with Gasteiger partial charge < -0.3 is 10.5 Å². The van der Waals surface area contributed by atoms with E-state index in [9.17, 15) is 0 Å². The SMILES string of the molecule is N[C@H](COc1ccccc1)c1ccccc1. The maximum atomic E-state index is 6.02. The average Bonchev–Trinajstić information content (AvgIpc) is 2.38. The summed E-state index contributed by atoms with van der Waals surface area (Å²) in [4.78, 5) is 0. The van der Waals surface area contributed by atoms with Crippen molar-refractivity contribution in [2.24, 2.45) is 5.73 Å². The first kappa shape index (κ1) is 10.7. The molecule has 2 rings (SSSR count). The van der Waals surface area contributed by atoms with Crippen molar-refractivity contribution in [1.82, 2.24) is 0 Å². The van der Waals surface area contributed by atoms with E-state index in [-0.39, 0.29) is 6.04 Å². The molecular formula is C14H15NO. The minimum absolute atomic E-state index is 0.0820. The highest BCUT2D eigenvalue weighted by molar-refractivity contribution is 5.22. The van der Waals surface area contributed by atoms with E-state index in [1.165, 1.54) is 0 Å². The number of para-hydroxylation sites is 1. The van der Waals surface area contributed by atoms with Gasteiger partial charge in [-0.05, 0) is 17.7 Å². The summed E-state index contributed by atoms with van der Waals surface area (Å²) in [6, 6.07) is 19.6. The van der Waals surface area contributed by atoms with E-state index in [4.69, 9.17) is 10.5 Å². The highest BCUT2D eigenvalue weighted by Crippen LogP contribution is 2.13. The smallest absolute Gasteiger partial charge is 0.119 e. The lowest BCUT2D eigenvalue weighted by atomic mass is 10.1. The summed E-state index contributed by atoms with van der Waals surface area (Å²) in [6.45, 7) is 0.494. The molecule has 0 saturated heterocycles. The van der Waals surface area contributed by atoms with Crippen molar-refractivity contribution in [2.45, 2.75) is 6.04 Å². The minimum atomic E-state index is -0.0820. The monoisotopic (exact) mass is 213 g/mol. The molecule has 2 heteroatoms. The van der Waals surface area contributed by atoms with E-state index in [1.54, 1.807) is 0 Å². The summed E-state index contributed by atoms with van der Waals surface area (Å²) in [5.41, 5.74) is 7.11. The first-order valence-electron chi connectivity index (χ1n) is 5.34. The fourth-order valence-corrected chi connectivity index (χ4v) is 1.50. The predicted molar refractivity (Wildman–Crippen MR) is 65.3 cm³/mol. The van der Waals surface area contributed by atoms with Crippen LogP contribution in [0.25, 0.3) is 0 Å². The molecule has 0 heterocycles. The van der Waals surface area contributed by atoms with Crippen molar-refractivity contribution in [1.29, 1.82) is 0 Å². The second-order valence-electron chi connectivity index (χ2n) is 3.64. The van der Waals surface area contributed by atoms with E-state index in [1.807, 2.05) is 60.7 Å². The molecule has 0 bridgehead atoms. The second-order valence-corrected chi connectivity index (χ2v) is 3.64. The van der Waals surface area contributed by atoms with Gasteiger partial charge in [-0.15, -0.1) is 0 Å². The fraction of sp³-hybridized carbons (Fsp3) is 0.143. The van der Waals surface area contributed by atoms with Crippen molar-refractivity contribution < 1.29 is 4.74 Å². The number of nitrogens with two attached hydrogens (primary N) is 1. The molecule has 16 heavy (non-hydrogen) atoms. The van der Waals surface area contributed by atoms with Crippen molar-refractivity contribution in [3.63, 3.8) is 0 Å². The van der Waals surface area contributed by atoms with Crippen LogP contribution in [0.2, 0.25) is 0 Å². The summed E-state index contributed by atoms with van der Waals surface area (Å²) in [7, 11) is 0. The Morgan fingerprint density at radius 1 is 0.875 bits per heavy atom. The van der Waals surface area contributed by atoms with Crippen molar-refractivity contribution in [3.05, 3.63) is 66.2 Å². The standard InChI is InChI=1S/C14H15NO/c15-14(12-7-3-1-4-8-12)11-16-13-9-5-2-6-10-13/h1-10,14H,11,15H2/t14-/m1/s1. The molecule has 0 amide bonds. The number of hydrogen-bond acceptors (Lipinski definition) is 2. The Kier molecular flexibility index (Phi) is 3.57. The molecule has 2 aromatic rings. The number of rotatable bonds is 4. The molecule has 0 fully saturated rings. The van der Waals surface area contributed by atoms with Crippen LogP contribution in [0, 0.1) is 0 Å². The lowest BCUT2D eigenvalue weighted by Gasteiger charge is -2.13. The van der Waals surface area contributed by atoms with Gasteiger partial charge in [0.05, 0.1) is 6.04 Å². The number of ether oxygens (including phenoxy) is 1. The van der Waals surface area contributed by atoms with Gasteiger partial charge in [0.15, 0.2) is 0 Å². The van der Waals surface area contributed by atoms with Gasteiger partial charge in [0.2, 0.25) is 0 Å². The van der Waals surface area contributed by atoms with E-state index in [2.05, 4.69) is 0 Å². The fourth-order valence-electron chi connectivity index (χ4n) is 1.50. The molecule has 0 aliphatic rings. The second kappa shape index (κ2) is 5.33. The topological polar surface area (TPSA) is 35.2 Å². The first-order valence-corrected chi connectivity index (χ1v) is 5.34. The van der Waals surface area contributed by atoms with E-state index in [0.29, 0.717) is 6.61 Å². The number of hydrogen-bond donors (Lipinski definition) is 1. The van der Waals surface area contributed by atoms with Crippen LogP contribution in [0.4, 0.5) is 0 Å². The van der Waals surface area contributed by atoms with Gasteiger partial charge in [-0.2, -0.15) is 0 Å². The van der Waals surface area contributed by atoms with Crippen molar-refractivity contribution in [3.8, 4) is 5.75 Å². The highest BCUT2D eigenvalue weighted by Gasteiger charge is 2.05. The molecule has 2 nitrogen and oxygen atoms in total. The summed E-state index contributed by atoms with van der Waals surface area (Å²) >= 11 is 0. The molecular weight excluding hydrogens is 198 g/mol. The van der Waals surface area contributed by atoms with Crippen LogP contribution in [0.3, 0.4) is 0 Å². The lowest BCUT2D eigenvalue weighted by molar-refractivity contribution is 0.290. The van der Waals surface area contributed by atoms with Crippen LogP contribution in [-0.2, 0) is 0 Å². The maximum Gasteiger partial charge on any atom is 0.119 e. The highest BCUT2D eigenvalue weighted by atomic mass is 16.5. The zero-order valence-corrected chi connectivity index (χ0v) is 9.04. The first-order chi connectivity index (χ1) is 7.86. The Bertz CT molecular complexity index is 413. The third kappa shape index (κ3) is 2.84. The predicted octanol–water partition coefficient (Wildman–Crippen LogP) is 2.77. The lowest BCUT2D eigenvalue weighted by Crippen LogP contribution is -2.18. The van der Waals surface area contributed by atoms with Crippen LogP contribution in [0.1, 0.15) is 11.6 Å². The van der Waals surface area contributed by atoms with Gasteiger partial charge in [-0.3, -0.25) is 0 Å². The quantitative estimate of drug-likeness (QED) is 0.847. The van der Waals surface area contributed by atoms with E-state index in [0.717, 1.165) is 11.3 Å². The van der Waals surface area contributed by atoms with Crippen molar-refractivity contribution in [2.75, 3.05) is 6.61 Å². The molecule has 0 aliphatic carbocycles. The third-order valence-electron chi connectivity index (χ3n) is 2.40. The Balaban J connectivity index is 1.92. The molecule has 0 aromatic heterocycles. The Morgan fingerprint density at radius 2 is 1.44 bits per heavy atom. The normalized spacial score (nSPS) is 12.1. The molecule has 0 aliphatic heterocycles. The average molecular weight is 213 g/mol. The third-order valence-corrected chi connectivity index (χ3v) is 2.40. The molecule has 0 saturated carbocycles. The Morgan fingerprint density at radius 3 is 2.06 bits per heavy atom. The summed E-state index contributed by atoms with van der Waals surface area (Å²) in [5, 5.41) is 0. The molecule has 1 atom stereocenters. The largest absolute Gasteiger partial charge is 0.492 e. The summed E-state index contributed by atoms with van der Waals surface area (Å²) in [6.07, 6.45) is 0. The summed E-state index contributed by atoms with van der Waals surface area (Å²) in [5.74, 6) is 0.855. The summed E-state index contributed by atoms with van der Waals surface area (Å²) < 4.78 is 5.60. The molecule has 2 N–H and O–H groups in total. The minimum Gasteiger partial charge on any atom is -0.492 e.